The summed E-state index contributed by atoms with van der Waals surface area (Å²) in [5.41, 5.74) is 0. The fraction of sp³-hybridized carbons (Fsp3) is 0.750. The smallest absolute Gasteiger partial charge is 0.326 e. The number of ether oxygens (including phenoxy) is 1. The summed E-state index contributed by atoms with van der Waals surface area (Å²) in [5, 5.41) is 22.0. The molecule has 2 amide bonds. The number of carbonyl (C=O) groups is 3. The van der Waals surface area contributed by atoms with Crippen LogP contribution < -0.4 is 10.6 Å². The van der Waals surface area contributed by atoms with Gasteiger partial charge < -0.3 is 25.6 Å². The van der Waals surface area contributed by atoms with Crippen LogP contribution in [-0.4, -0.2) is 54.0 Å². The summed E-state index contributed by atoms with van der Waals surface area (Å²) in [6.45, 7) is 5.17. The normalized spacial score (nSPS) is 11.9. The summed E-state index contributed by atoms with van der Waals surface area (Å²) < 4.78 is 5.24. The van der Waals surface area contributed by atoms with E-state index in [2.05, 4.69) is 10.6 Å². The molecular formula is C12H22N2O6. The van der Waals surface area contributed by atoms with Gasteiger partial charge in [0.1, 0.15) is 6.04 Å². The fourth-order valence-electron chi connectivity index (χ4n) is 1.29. The fourth-order valence-corrected chi connectivity index (χ4v) is 1.29. The Labute approximate surface area is 117 Å². The van der Waals surface area contributed by atoms with Crippen LogP contribution >= 0.6 is 0 Å². The van der Waals surface area contributed by atoms with Crippen molar-refractivity contribution in [3.8, 4) is 0 Å². The van der Waals surface area contributed by atoms with Gasteiger partial charge in [-0.15, -0.1) is 0 Å². The summed E-state index contributed by atoms with van der Waals surface area (Å²) in [5.74, 6) is -1.98. The van der Waals surface area contributed by atoms with Crippen LogP contribution in [0.15, 0.2) is 0 Å². The van der Waals surface area contributed by atoms with E-state index in [9.17, 15) is 14.4 Å². The number of aliphatic carboxylic acids is 2. The van der Waals surface area contributed by atoms with E-state index in [-0.39, 0.29) is 19.4 Å². The molecule has 0 aromatic carbocycles. The monoisotopic (exact) mass is 290 g/mol. The lowest BCUT2D eigenvalue weighted by atomic mass is 10.1. The molecule has 0 aliphatic carbocycles. The topological polar surface area (TPSA) is 125 Å². The summed E-state index contributed by atoms with van der Waals surface area (Å²) in [6, 6.07) is -1.88. The molecule has 4 N–H and O–H groups in total. The third-order valence-corrected chi connectivity index (χ3v) is 2.23. The maximum atomic E-state index is 11.4. The zero-order valence-corrected chi connectivity index (χ0v) is 11.7. The molecule has 1 atom stereocenters. The van der Waals surface area contributed by atoms with Crippen LogP contribution in [0, 0.1) is 5.92 Å². The second kappa shape index (κ2) is 10.0. The average molecular weight is 290 g/mol. The van der Waals surface area contributed by atoms with Crippen molar-refractivity contribution in [3.63, 3.8) is 0 Å². The quantitative estimate of drug-likeness (QED) is 0.428. The second-order valence-electron chi connectivity index (χ2n) is 4.69. The second-order valence-corrected chi connectivity index (χ2v) is 4.69. The van der Waals surface area contributed by atoms with Gasteiger partial charge in [-0.1, -0.05) is 13.8 Å². The van der Waals surface area contributed by atoms with Crippen molar-refractivity contribution >= 4 is 18.0 Å². The molecule has 116 valence electrons. The lowest BCUT2D eigenvalue weighted by Crippen LogP contribution is -2.46. The van der Waals surface area contributed by atoms with Crippen molar-refractivity contribution < 1.29 is 29.3 Å². The highest BCUT2D eigenvalue weighted by Gasteiger charge is 2.20. The molecule has 0 aromatic rings. The summed E-state index contributed by atoms with van der Waals surface area (Å²) >= 11 is 0. The van der Waals surface area contributed by atoms with Crippen LogP contribution in [0.25, 0.3) is 0 Å². The lowest BCUT2D eigenvalue weighted by Gasteiger charge is -2.14. The zero-order chi connectivity index (χ0) is 15.5. The maximum Gasteiger partial charge on any atom is 0.326 e. The van der Waals surface area contributed by atoms with E-state index >= 15 is 0 Å². The zero-order valence-electron chi connectivity index (χ0n) is 11.7. The first-order valence-corrected chi connectivity index (χ1v) is 6.39. The maximum absolute atomic E-state index is 11.4. The Morgan fingerprint density at radius 2 is 1.85 bits per heavy atom. The first-order valence-electron chi connectivity index (χ1n) is 6.39. The molecule has 0 aromatic heterocycles. The number of urea groups is 1. The molecule has 0 saturated heterocycles. The Hall–Kier alpha value is -1.83. The van der Waals surface area contributed by atoms with Gasteiger partial charge in [-0.05, 0) is 12.3 Å². The molecule has 8 nitrogen and oxygen atoms in total. The van der Waals surface area contributed by atoms with E-state index in [1.807, 2.05) is 13.8 Å². The summed E-state index contributed by atoms with van der Waals surface area (Å²) in [7, 11) is 0. The van der Waals surface area contributed by atoms with Gasteiger partial charge >= 0.3 is 18.0 Å². The lowest BCUT2D eigenvalue weighted by molar-refractivity contribution is -0.140. The molecule has 0 fully saturated rings. The predicted molar refractivity (Wildman–Crippen MR) is 70.5 cm³/mol. The summed E-state index contributed by atoms with van der Waals surface area (Å²) in [4.78, 5) is 32.6. The number of nitrogens with one attached hydrogen (secondary N) is 2. The van der Waals surface area contributed by atoms with Crippen molar-refractivity contribution in [2.45, 2.75) is 32.7 Å². The molecule has 0 aliphatic heterocycles. The number of rotatable bonds is 10. The minimum atomic E-state index is -1.27. The highest BCUT2D eigenvalue weighted by Crippen LogP contribution is 1.98. The number of hydrogen-bond donors (Lipinski definition) is 4. The molecule has 0 bridgehead atoms. The third-order valence-electron chi connectivity index (χ3n) is 2.23. The van der Waals surface area contributed by atoms with E-state index in [4.69, 9.17) is 14.9 Å². The van der Waals surface area contributed by atoms with Crippen molar-refractivity contribution in [3.05, 3.63) is 0 Å². The number of hydrogen-bond acceptors (Lipinski definition) is 4. The van der Waals surface area contributed by atoms with Crippen LogP contribution in [0.1, 0.15) is 26.7 Å². The van der Waals surface area contributed by atoms with Crippen LogP contribution in [0.4, 0.5) is 4.79 Å². The van der Waals surface area contributed by atoms with Crippen LogP contribution in [0.3, 0.4) is 0 Å². The number of carbonyl (C=O) groups excluding carboxylic acids is 1. The molecule has 0 spiro atoms. The van der Waals surface area contributed by atoms with Gasteiger partial charge in [-0.2, -0.15) is 0 Å². The molecular weight excluding hydrogens is 268 g/mol. The van der Waals surface area contributed by atoms with Crippen LogP contribution in [-0.2, 0) is 14.3 Å². The van der Waals surface area contributed by atoms with Crippen molar-refractivity contribution in [1.29, 1.82) is 0 Å². The SMILES string of the molecule is CC(C)COCCNC(=O)N[C@@H](CCC(=O)O)C(=O)O. The van der Waals surface area contributed by atoms with E-state index < -0.39 is 24.0 Å². The first-order chi connectivity index (χ1) is 9.32. The predicted octanol–water partition coefficient (Wildman–Crippen LogP) is 0.276. The van der Waals surface area contributed by atoms with Gasteiger partial charge in [0.05, 0.1) is 6.61 Å². The minimum Gasteiger partial charge on any atom is -0.481 e. The van der Waals surface area contributed by atoms with Gasteiger partial charge in [-0.25, -0.2) is 9.59 Å². The Morgan fingerprint density at radius 3 is 2.35 bits per heavy atom. The summed E-state index contributed by atoms with van der Waals surface area (Å²) in [6.07, 6.45) is -0.489. The van der Waals surface area contributed by atoms with Gasteiger partial charge in [0.2, 0.25) is 0 Å². The molecule has 0 radical (unpaired) electrons. The molecule has 0 rings (SSSR count). The minimum absolute atomic E-state index is 0.165. The van der Waals surface area contributed by atoms with Crippen molar-refractivity contribution in [1.82, 2.24) is 10.6 Å². The van der Waals surface area contributed by atoms with Crippen LogP contribution in [0.5, 0.6) is 0 Å². The van der Waals surface area contributed by atoms with Gasteiger partial charge in [-0.3, -0.25) is 4.79 Å². The van der Waals surface area contributed by atoms with E-state index in [1.54, 1.807) is 0 Å². The highest BCUT2D eigenvalue weighted by atomic mass is 16.5. The molecule has 0 saturated carbocycles. The van der Waals surface area contributed by atoms with E-state index in [0.717, 1.165) is 0 Å². The van der Waals surface area contributed by atoms with Crippen LogP contribution in [0.2, 0.25) is 0 Å². The molecule has 0 unspecified atom stereocenters. The molecule has 0 heterocycles. The molecule has 8 heteroatoms. The van der Waals surface area contributed by atoms with E-state index in [1.165, 1.54) is 0 Å². The number of carboxylic acids is 2. The largest absolute Gasteiger partial charge is 0.481 e. The Bertz CT molecular complexity index is 332. The number of amides is 2. The number of carboxylic acid groups (broad SMARTS) is 2. The van der Waals surface area contributed by atoms with E-state index in [0.29, 0.717) is 19.1 Å². The first kappa shape index (κ1) is 18.2. The average Bonchev–Trinajstić information content (AvgIpc) is 2.32. The van der Waals surface area contributed by atoms with Crippen molar-refractivity contribution in [2.24, 2.45) is 5.92 Å². The molecule has 0 aliphatic rings. The molecule has 20 heavy (non-hydrogen) atoms. The Balaban J connectivity index is 3.89. The Morgan fingerprint density at radius 1 is 1.20 bits per heavy atom. The van der Waals surface area contributed by atoms with Gasteiger partial charge in [0.25, 0.3) is 0 Å². The van der Waals surface area contributed by atoms with Crippen molar-refractivity contribution in [2.75, 3.05) is 19.8 Å². The van der Waals surface area contributed by atoms with Gasteiger partial charge in [0.15, 0.2) is 0 Å². The standard InChI is InChI=1S/C12H22N2O6/c1-8(2)7-20-6-5-13-12(19)14-9(11(17)18)3-4-10(15)16/h8-9H,3-7H2,1-2H3,(H,15,16)(H,17,18)(H2,13,14,19)/t9-/m0/s1. The van der Waals surface area contributed by atoms with Gasteiger partial charge in [0, 0.05) is 19.6 Å². The Kier molecular flexibility index (Phi) is 9.10. The highest BCUT2D eigenvalue weighted by molar-refractivity contribution is 5.82. The third kappa shape index (κ3) is 10.1.